The lowest BCUT2D eigenvalue weighted by Crippen LogP contribution is -2.23. The van der Waals surface area contributed by atoms with Crippen molar-refractivity contribution in [3.63, 3.8) is 0 Å². The SMILES string of the molecule is CC(C)c1nc2ccc(Br)cc2c(=O)n1N=Cc1cc(Br)cc([N+](=O)[O-])c1OCc1ccc(Cl)c(Cl)c1. The number of nitrogens with zero attached hydrogens (tertiary/aromatic N) is 4. The molecule has 1 heterocycles. The molecule has 4 aromatic rings. The molecule has 0 aliphatic rings. The number of nitro groups is 1. The molecule has 0 radical (unpaired) electrons. The first-order valence-electron chi connectivity index (χ1n) is 10.9. The maximum absolute atomic E-state index is 13.3. The Morgan fingerprint density at radius 2 is 1.86 bits per heavy atom. The van der Waals surface area contributed by atoms with Gasteiger partial charge in [0.25, 0.3) is 5.56 Å². The summed E-state index contributed by atoms with van der Waals surface area (Å²) in [4.78, 5) is 29.3. The number of benzene rings is 3. The van der Waals surface area contributed by atoms with Gasteiger partial charge in [0, 0.05) is 26.5 Å². The highest BCUT2D eigenvalue weighted by Crippen LogP contribution is 2.35. The molecule has 0 saturated carbocycles. The summed E-state index contributed by atoms with van der Waals surface area (Å²) in [6, 6.07) is 13.1. The molecule has 0 N–H and O–H groups in total. The van der Waals surface area contributed by atoms with Gasteiger partial charge in [0.2, 0.25) is 5.75 Å². The molecule has 0 aliphatic carbocycles. The lowest BCUT2D eigenvalue weighted by Gasteiger charge is -2.13. The first-order chi connectivity index (χ1) is 17.5. The summed E-state index contributed by atoms with van der Waals surface area (Å²) < 4.78 is 8.26. The lowest BCUT2D eigenvalue weighted by atomic mass is 10.1. The van der Waals surface area contributed by atoms with Gasteiger partial charge in [-0.25, -0.2) is 4.98 Å². The molecule has 4 rings (SSSR count). The Morgan fingerprint density at radius 1 is 1.11 bits per heavy atom. The summed E-state index contributed by atoms with van der Waals surface area (Å²) in [6.07, 6.45) is 1.35. The number of hydrogen-bond acceptors (Lipinski definition) is 6. The molecule has 3 aromatic carbocycles. The minimum atomic E-state index is -0.549. The molecule has 37 heavy (non-hydrogen) atoms. The van der Waals surface area contributed by atoms with Crippen molar-refractivity contribution in [2.24, 2.45) is 5.10 Å². The third-order valence-electron chi connectivity index (χ3n) is 5.29. The van der Waals surface area contributed by atoms with Crippen molar-refractivity contribution in [2.45, 2.75) is 26.4 Å². The first-order valence-corrected chi connectivity index (χ1v) is 13.2. The molecule has 1 aromatic heterocycles. The average Bonchev–Trinajstić information content (AvgIpc) is 2.84. The van der Waals surface area contributed by atoms with E-state index in [9.17, 15) is 14.9 Å². The summed E-state index contributed by atoms with van der Waals surface area (Å²) in [7, 11) is 0. The van der Waals surface area contributed by atoms with Gasteiger partial charge >= 0.3 is 5.69 Å². The van der Waals surface area contributed by atoms with Crippen LogP contribution in [0.1, 0.15) is 36.7 Å². The normalized spacial score (nSPS) is 11.5. The Balaban J connectivity index is 1.82. The highest BCUT2D eigenvalue weighted by molar-refractivity contribution is 9.10. The number of aromatic nitrogens is 2. The fourth-order valence-electron chi connectivity index (χ4n) is 3.54. The fourth-order valence-corrected chi connectivity index (χ4v) is 4.69. The smallest absolute Gasteiger partial charge is 0.312 e. The molecule has 0 unspecified atom stereocenters. The topological polar surface area (TPSA) is 99.6 Å². The van der Waals surface area contributed by atoms with Crippen molar-refractivity contribution in [1.29, 1.82) is 0 Å². The third-order valence-corrected chi connectivity index (χ3v) is 6.98. The second-order valence-electron chi connectivity index (χ2n) is 8.29. The summed E-state index contributed by atoms with van der Waals surface area (Å²) >= 11 is 18.8. The van der Waals surface area contributed by atoms with Crippen LogP contribution in [-0.2, 0) is 6.61 Å². The Labute approximate surface area is 238 Å². The van der Waals surface area contributed by atoms with E-state index in [1.54, 1.807) is 36.4 Å². The number of nitro benzene ring substituents is 1. The zero-order valence-electron chi connectivity index (χ0n) is 19.4. The van der Waals surface area contributed by atoms with Crippen LogP contribution in [0.25, 0.3) is 10.9 Å². The van der Waals surface area contributed by atoms with E-state index >= 15 is 0 Å². The fraction of sp³-hybridized carbons (Fsp3) is 0.160. The second-order valence-corrected chi connectivity index (χ2v) is 10.9. The largest absolute Gasteiger partial charge is 0.481 e. The van der Waals surface area contributed by atoms with Crippen LogP contribution in [0.5, 0.6) is 5.75 Å². The summed E-state index contributed by atoms with van der Waals surface area (Å²) in [6.45, 7) is 3.78. The molecular formula is C25H18Br2Cl2N4O4. The van der Waals surface area contributed by atoms with Crippen molar-refractivity contribution in [1.82, 2.24) is 9.66 Å². The van der Waals surface area contributed by atoms with Gasteiger partial charge in [-0.05, 0) is 42.0 Å². The van der Waals surface area contributed by atoms with E-state index in [-0.39, 0.29) is 35.1 Å². The van der Waals surface area contributed by atoms with E-state index in [2.05, 4.69) is 41.9 Å². The Morgan fingerprint density at radius 3 is 2.54 bits per heavy atom. The van der Waals surface area contributed by atoms with Crippen molar-refractivity contribution in [3.8, 4) is 5.75 Å². The highest BCUT2D eigenvalue weighted by Gasteiger charge is 2.21. The Bertz CT molecular complexity index is 1620. The van der Waals surface area contributed by atoms with E-state index in [1.807, 2.05) is 19.9 Å². The molecule has 0 spiro atoms. The van der Waals surface area contributed by atoms with Gasteiger partial charge in [0.15, 0.2) is 0 Å². The van der Waals surface area contributed by atoms with E-state index in [0.717, 1.165) is 4.47 Å². The Kier molecular flexibility index (Phi) is 8.33. The van der Waals surface area contributed by atoms with Crippen LogP contribution in [0.15, 0.2) is 67.4 Å². The summed E-state index contributed by atoms with van der Waals surface area (Å²) in [5.41, 5.74) is 0.864. The van der Waals surface area contributed by atoms with Crippen molar-refractivity contribution < 1.29 is 9.66 Å². The van der Waals surface area contributed by atoms with Crippen LogP contribution >= 0.6 is 55.1 Å². The average molecular weight is 669 g/mol. The summed E-state index contributed by atoms with van der Waals surface area (Å²) in [5.74, 6) is 0.303. The molecule has 12 heteroatoms. The van der Waals surface area contributed by atoms with Gasteiger partial charge in [0.1, 0.15) is 12.4 Å². The molecule has 0 atom stereocenters. The van der Waals surface area contributed by atoms with Crippen LogP contribution in [0.3, 0.4) is 0 Å². The predicted molar refractivity (Wildman–Crippen MR) is 152 cm³/mol. The number of fused-ring (bicyclic) bond motifs is 1. The minimum Gasteiger partial charge on any atom is -0.481 e. The quantitative estimate of drug-likeness (QED) is 0.114. The number of hydrogen-bond donors (Lipinski definition) is 0. The van der Waals surface area contributed by atoms with Crippen LogP contribution in [0, 0.1) is 10.1 Å². The summed E-state index contributed by atoms with van der Waals surface area (Å²) in [5, 5.41) is 17.3. The van der Waals surface area contributed by atoms with Crippen molar-refractivity contribution >= 4 is 77.9 Å². The van der Waals surface area contributed by atoms with Crippen LogP contribution in [-0.4, -0.2) is 20.8 Å². The molecular weight excluding hydrogens is 651 g/mol. The van der Waals surface area contributed by atoms with E-state index in [1.165, 1.54) is 17.0 Å². The van der Waals surface area contributed by atoms with Gasteiger partial charge in [-0.2, -0.15) is 9.78 Å². The third kappa shape index (κ3) is 6.04. The van der Waals surface area contributed by atoms with Gasteiger partial charge in [-0.1, -0.05) is 75.0 Å². The zero-order chi connectivity index (χ0) is 26.9. The maximum atomic E-state index is 13.3. The zero-order valence-corrected chi connectivity index (χ0v) is 24.1. The van der Waals surface area contributed by atoms with E-state index < -0.39 is 4.92 Å². The number of rotatable bonds is 7. The van der Waals surface area contributed by atoms with Gasteiger partial charge in [-0.3, -0.25) is 14.9 Å². The van der Waals surface area contributed by atoms with Crippen molar-refractivity contribution in [2.75, 3.05) is 0 Å². The van der Waals surface area contributed by atoms with Crippen LogP contribution < -0.4 is 10.3 Å². The lowest BCUT2D eigenvalue weighted by molar-refractivity contribution is -0.386. The molecule has 0 aliphatic heterocycles. The molecule has 0 amide bonds. The molecule has 190 valence electrons. The minimum absolute atomic E-state index is 0.0110. The Hall–Kier alpha value is -2.79. The molecule has 0 bridgehead atoms. The standard InChI is InChI=1S/C25H18Br2Cl2N4O4/c1-13(2)24-31-21-6-4-16(26)9-18(21)25(34)32(24)30-11-15-8-17(27)10-22(33(35)36)23(15)37-12-14-3-5-19(28)20(29)7-14/h3-11,13H,12H2,1-2H3. The molecule has 0 fully saturated rings. The van der Waals surface area contributed by atoms with Crippen LogP contribution in [0.4, 0.5) is 5.69 Å². The molecule has 8 nitrogen and oxygen atoms in total. The van der Waals surface area contributed by atoms with Gasteiger partial charge in [-0.15, -0.1) is 0 Å². The number of halogens is 4. The highest BCUT2D eigenvalue weighted by atomic mass is 79.9. The van der Waals surface area contributed by atoms with E-state index in [0.29, 0.717) is 36.8 Å². The van der Waals surface area contributed by atoms with Crippen LogP contribution in [0.2, 0.25) is 10.0 Å². The van der Waals surface area contributed by atoms with Crippen molar-refractivity contribution in [3.05, 3.63) is 105 Å². The van der Waals surface area contributed by atoms with Gasteiger partial charge < -0.3 is 4.74 Å². The van der Waals surface area contributed by atoms with Gasteiger partial charge in [0.05, 0.1) is 32.1 Å². The van der Waals surface area contributed by atoms with E-state index in [4.69, 9.17) is 27.9 Å². The second kappa shape index (κ2) is 11.3. The number of ether oxygens (including phenoxy) is 1. The predicted octanol–water partition coefficient (Wildman–Crippen LogP) is 7.72. The monoisotopic (exact) mass is 666 g/mol. The first kappa shape index (κ1) is 27.3. The maximum Gasteiger partial charge on any atom is 0.312 e. The molecule has 0 saturated heterocycles.